The van der Waals surface area contributed by atoms with Crippen LogP contribution in [0.25, 0.3) is 11.1 Å². The molecule has 2 aromatic carbocycles. The van der Waals surface area contributed by atoms with Crippen LogP contribution in [0.2, 0.25) is 0 Å². The first kappa shape index (κ1) is 11.1. The van der Waals surface area contributed by atoms with Gasteiger partial charge in [-0.3, -0.25) is 0 Å². The van der Waals surface area contributed by atoms with Gasteiger partial charge in [-0.25, -0.2) is 8.78 Å². The molecule has 0 unspecified atom stereocenters. The number of hydrogen-bond acceptors (Lipinski definition) is 2. The van der Waals surface area contributed by atoms with Crippen LogP contribution < -0.4 is 5.73 Å². The van der Waals surface area contributed by atoms with Crippen LogP contribution >= 0.6 is 0 Å². The van der Waals surface area contributed by atoms with Crippen LogP contribution in [-0.4, -0.2) is 0 Å². The predicted octanol–water partition coefficient (Wildman–Crippen LogP) is 3.09. The molecule has 0 spiro atoms. The van der Waals surface area contributed by atoms with E-state index in [1.807, 2.05) is 6.07 Å². The average molecular weight is 230 g/mol. The van der Waals surface area contributed by atoms with E-state index in [0.29, 0.717) is 11.3 Å². The van der Waals surface area contributed by atoms with Crippen molar-refractivity contribution in [2.75, 3.05) is 5.73 Å². The van der Waals surface area contributed by atoms with E-state index in [-0.39, 0.29) is 11.1 Å². The zero-order valence-electron chi connectivity index (χ0n) is 8.74. The Kier molecular flexibility index (Phi) is 2.75. The highest BCUT2D eigenvalue weighted by atomic mass is 19.1. The molecule has 4 heteroatoms. The fraction of sp³-hybridized carbons (Fsp3) is 0. The second-order valence-electron chi connectivity index (χ2n) is 3.54. The minimum atomic E-state index is -0.533. The normalized spacial score (nSPS) is 9.94. The number of nitrogens with zero attached hydrogens (tertiary/aromatic N) is 1. The molecule has 0 bridgehead atoms. The minimum Gasteiger partial charge on any atom is -0.399 e. The van der Waals surface area contributed by atoms with Crippen LogP contribution in [0.1, 0.15) is 5.56 Å². The summed E-state index contributed by atoms with van der Waals surface area (Å²) in [7, 11) is 0. The van der Waals surface area contributed by atoms with Gasteiger partial charge in [0.2, 0.25) is 0 Å². The van der Waals surface area contributed by atoms with Crippen LogP contribution in [0.3, 0.4) is 0 Å². The first-order valence-corrected chi connectivity index (χ1v) is 4.87. The molecule has 0 aliphatic carbocycles. The van der Waals surface area contributed by atoms with Gasteiger partial charge in [0, 0.05) is 16.8 Å². The number of halogens is 2. The van der Waals surface area contributed by atoms with Crippen LogP contribution in [0.15, 0.2) is 36.4 Å². The second-order valence-corrected chi connectivity index (χ2v) is 3.54. The standard InChI is InChI=1S/C13H8F2N2/c14-9-1-3-11(8(5-9)7-16)12-6-10(17)2-4-13(12)15/h1-6H,17H2. The van der Waals surface area contributed by atoms with Gasteiger partial charge in [-0.1, -0.05) is 6.07 Å². The Morgan fingerprint density at radius 3 is 2.47 bits per heavy atom. The first-order chi connectivity index (χ1) is 8.11. The Hall–Kier alpha value is -2.41. The van der Waals surface area contributed by atoms with Crippen LogP contribution in [0.4, 0.5) is 14.5 Å². The molecule has 2 aromatic rings. The Morgan fingerprint density at radius 2 is 1.76 bits per heavy atom. The quantitative estimate of drug-likeness (QED) is 0.765. The van der Waals surface area contributed by atoms with Gasteiger partial charge in [0.15, 0.2) is 0 Å². The lowest BCUT2D eigenvalue weighted by molar-refractivity contribution is 0.625. The van der Waals surface area contributed by atoms with E-state index < -0.39 is 11.6 Å². The Morgan fingerprint density at radius 1 is 1.00 bits per heavy atom. The summed E-state index contributed by atoms with van der Waals surface area (Å²) in [6.45, 7) is 0. The highest BCUT2D eigenvalue weighted by Crippen LogP contribution is 2.28. The summed E-state index contributed by atoms with van der Waals surface area (Å²) in [6.07, 6.45) is 0. The summed E-state index contributed by atoms with van der Waals surface area (Å²) < 4.78 is 26.6. The maximum Gasteiger partial charge on any atom is 0.131 e. The van der Waals surface area contributed by atoms with E-state index in [4.69, 9.17) is 11.0 Å². The minimum absolute atomic E-state index is 0.0782. The number of nitriles is 1. The third kappa shape index (κ3) is 2.08. The SMILES string of the molecule is N#Cc1cc(F)ccc1-c1cc(N)ccc1F. The van der Waals surface area contributed by atoms with Crippen molar-refractivity contribution in [3.8, 4) is 17.2 Å². The van der Waals surface area contributed by atoms with E-state index >= 15 is 0 Å². The van der Waals surface area contributed by atoms with Crippen LogP contribution in [0, 0.1) is 23.0 Å². The summed E-state index contributed by atoms with van der Waals surface area (Å²) in [5.41, 5.74) is 6.55. The molecule has 2 nitrogen and oxygen atoms in total. The molecule has 84 valence electrons. The molecule has 17 heavy (non-hydrogen) atoms. The van der Waals surface area contributed by atoms with Crippen LogP contribution in [0.5, 0.6) is 0 Å². The lowest BCUT2D eigenvalue weighted by atomic mass is 9.99. The topological polar surface area (TPSA) is 49.8 Å². The molecular weight excluding hydrogens is 222 g/mol. The maximum absolute atomic E-state index is 13.6. The molecule has 0 saturated carbocycles. The van der Waals surface area contributed by atoms with E-state index in [1.54, 1.807) is 0 Å². The van der Waals surface area contributed by atoms with Crippen molar-refractivity contribution in [1.82, 2.24) is 0 Å². The average Bonchev–Trinajstić information content (AvgIpc) is 2.32. The highest BCUT2D eigenvalue weighted by molar-refractivity contribution is 5.73. The fourth-order valence-electron chi connectivity index (χ4n) is 1.59. The van der Waals surface area contributed by atoms with Crippen molar-refractivity contribution in [3.63, 3.8) is 0 Å². The van der Waals surface area contributed by atoms with Crippen molar-refractivity contribution in [1.29, 1.82) is 5.26 Å². The largest absolute Gasteiger partial charge is 0.399 e. The Balaban J connectivity index is 2.69. The maximum atomic E-state index is 13.6. The van der Waals surface area contributed by atoms with Gasteiger partial charge in [-0.05, 0) is 30.3 Å². The van der Waals surface area contributed by atoms with Crippen molar-refractivity contribution < 1.29 is 8.78 Å². The summed E-state index contributed by atoms with van der Waals surface area (Å²) in [6, 6.07) is 9.51. The molecule has 0 amide bonds. The molecule has 0 saturated heterocycles. The van der Waals surface area contributed by atoms with Gasteiger partial charge < -0.3 is 5.73 Å². The highest BCUT2D eigenvalue weighted by Gasteiger charge is 2.11. The second kappa shape index (κ2) is 4.22. The van der Waals surface area contributed by atoms with Gasteiger partial charge in [0.05, 0.1) is 11.6 Å². The molecule has 0 aromatic heterocycles. The lowest BCUT2D eigenvalue weighted by Gasteiger charge is -2.06. The summed E-state index contributed by atoms with van der Waals surface area (Å²) in [5.74, 6) is -1.03. The van der Waals surface area contributed by atoms with Gasteiger partial charge in [0.1, 0.15) is 11.6 Å². The van der Waals surface area contributed by atoms with E-state index in [9.17, 15) is 8.78 Å². The molecule has 2 N–H and O–H groups in total. The van der Waals surface area contributed by atoms with E-state index in [0.717, 1.165) is 6.07 Å². The molecule has 0 radical (unpaired) electrons. The molecule has 0 aliphatic heterocycles. The summed E-state index contributed by atoms with van der Waals surface area (Å²) >= 11 is 0. The molecular formula is C13H8F2N2. The van der Waals surface area contributed by atoms with Crippen molar-refractivity contribution in [2.45, 2.75) is 0 Å². The van der Waals surface area contributed by atoms with Crippen molar-refractivity contribution in [3.05, 3.63) is 53.6 Å². The number of hydrogen-bond donors (Lipinski definition) is 1. The summed E-state index contributed by atoms with van der Waals surface area (Å²) in [4.78, 5) is 0. The number of rotatable bonds is 1. The monoisotopic (exact) mass is 230 g/mol. The molecule has 0 atom stereocenters. The number of anilines is 1. The number of nitrogen functional groups attached to an aromatic ring is 1. The molecule has 2 rings (SSSR count). The Labute approximate surface area is 96.9 Å². The predicted molar refractivity (Wildman–Crippen MR) is 60.9 cm³/mol. The zero-order valence-corrected chi connectivity index (χ0v) is 8.74. The lowest BCUT2D eigenvalue weighted by Crippen LogP contribution is -1.92. The van der Waals surface area contributed by atoms with Gasteiger partial charge in [0.25, 0.3) is 0 Å². The summed E-state index contributed by atoms with van der Waals surface area (Å²) in [5, 5.41) is 8.89. The van der Waals surface area contributed by atoms with Gasteiger partial charge in [-0.2, -0.15) is 5.26 Å². The third-order valence-electron chi connectivity index (χ3n) is 2.38. The molecule has 0 aliphatic rings. The molecule has 0 heterocycles. The smallest absolute Gasteiger partial charge is 0.131 e. The van der Waals surface area contributed by atoms with E-state index in [2.05, 4.69) is 0 Å². The molecule has 0 fully saturated rings. The van der Waals surface area contributed by atoms with Crippen LogP contribution in [-0.2, 0) is 0 Å². The first-order valence-electron chi connectivity index (χ1n) is 4.87. The Bertz CT molecular complexity index is 615. The zero-order chi connectivity index (χ0) is 12.4. The van der Waals surface area contributed by atoms with Gasteiger partial charge >= 0.3 is 0 Å². The van der Waals surface area contributed by atoms with E-state index in [1.165, 1.54) is 30.3 Å². The van der Waals surface area contributed by atoms with Crippen molar-refractivity contribution in [2.24, 2.45) is 0 Å². The van der Waals surface area contributed by atoms with Crippen molar-refractivity contribution >= 4 is 5.69 Å². The number of nitrogens with two attached hydrogens (primary N) is 1. The van der Waals surface area contributed by atoms with Gasteiger partial charge in [-0.15, -0.1) is 0 Å². The number of benzene rings is 2. The third-order valence-corrected chi connectivity index (χ3v) is 2.38. The fourth-order valence-corrected chi connectivity index (χ4v) is 1.59.